The Kier molecular flexibility index (Phi) is 6.75. The molecule has 1 fully saturated rings. The van der Waals surface area contributed by atoms with E-state index in [0.29, 0.717) is 24.7 Å². The van der Waals surface area contributed by atoms with Crippen molar-refractivity contribution >= 4 is 11.8 Å². The molecule has 0 aliphatic heterocycles. The highest BCUT2D eigenvalue weighted by atomic mass is 16.5. The van der Waals surface area contributed by atoms with Gasteiger partial charge < -0.3 is 20.9 Å². The van der Waals surface area contributed by atoms with Crippen molar-refractivity contribution < 1.29 is 14.1 Å². The largest absolute Gasteiger partial charge is 0.354 e. The van der Waals surface area contributed by atoms with Crippen molar-refractivity contribution in [1.82, 2.24) is 20.8 Å². The SMILES string of the molecule is CC(=O)NC1(c2noc(CCC(=O)NCC(C)(C)N)n2)CCCCCC1. The van der Waals surface area contributed by atoms with Crippen LogP contribution >= 0.6 is 0 Å². The highest BCUT2D eigenvalue weighted by Crippen LogP contribution is 2.34. The maximum atomic E-state index is 11.9. The second kappa shape index (κ2) is 8.62. The van der Waals surface area contributed by atoms with Gasteiger partial charge in [-0.05, 0) is 26.7 Å². The maximum Gasteiger partial charge on any atom is 0.227 e. The summed E-state index contributed by atoms with van der Waals surface area (Å²) in [4.78, 5) is 28.1. The lowest BCUT2D eigenvalue weighted by Crippen LogP contribution is -2.45. The molecule has 0 bridgehead atoms. The lowest BCUT2D eigenvalue weighted by atomic mass is 9.89. The van der Waals surface area contributed by atoms with E-state index in [-0.39, 0.29) is 18.2 Å². The summed E-state index contributed by atoms with van der Waals surface area (Å²) in [5, 5.41) is 9.96. The molecule has 1 aromatic heterocycles. The monoisotopic (exact) mass is 365 g/mol. The quantitative estimate of drug-likeness (QED) is 0.630. The molecule has 0 unspecified atom stereocenters. The summed E-state index contributed by atoms with van der Waals surface area (Å²) >= 11 is 0. The fourth-order valence-corrected chi connectivity index (χ4v) is 3.26. The third-order valence-corrected chi connectivity index (χ3v) is 4.58. The lowest BCUT2D eigenvalue weighted by Gasteiger charge is -2.30. The van der Waals surface area contributed by atoms with Crippen LogP contribution in [0.2, 0.25) is 0 Å². The molecular weight excluding hydrogens is 334 g/mol. The van der Waals surface area contributed by atoms with Crippen LogP contribution < -0.4 is 16.4 Å². The molecule has 0 aromatic carbocycles. The molecule has 1 saturated carbocycles. The van der Waals surface area contributed by atoms with Gasteiger partial charge in [-0.1, -0.05) is 30.8 Å². The number of hydrogen-bond donors (Lipinski definition) is 3. The first kappa shape index (κ1) is 20.4. The minimum Gasteiger partial charge on any atom is -0.354 e. The number of carbonyl (C=O) groups is 2. The summed E-state index contributed by atoms with van der Waals surface area (Å²) < 4.78 is 5.34. The Morgan fingerprint density at radius 1 is 1.23 bits per heavy atom. The lowest BCUT2D eigenvalue weighted by molar-refractivity contribution is -0.122. The Balaban J connectivity index is 1.99. The molecule has 4 N–H and O–H groups in total. The molecule has 1 heterocycles. The highest BCUT2D eigenvalue weighted by Gasteiger charge is 2.38. The summed E-state index contributed by atoms with van der Waals surface area (Å²) in [7, 11) is 0. The van der Waals surface area contributed by atoms with Gasteiger partial charge in [-0.15, -0.1) is 0 Å². The van der Waals surface area contributed by atoms with Gasteiger partial charge in [-0.25, -0.2) is 0 Å². The van der Waals surface area contributed by atoms with Crippen LogP contribution in [0, 0.1) is 0 Å². The first-order chi connectivity index (χ1) is 12.2. The van der Waals surface area contributed by atoms with Crippen LogP contribution in [-0.4, -0.2) is 34.0 Å². The summed E-state index contributed by atoms with van der Waals surface area (Å²) in [6, 6.07) is 0. The fraction of sp³-hybridized carbons (Fsp3) is 0.778. The third-order valence-electron chi connectivity index (χ3n) is 4.58. The molecule has 1 aromatic rings. The Bertz CT molecular complexity index is 613. The van der Waals surface area contributed by atoms with Crippen molar-refractivity contribution in [2.24, 2.45) is 5.73 Å². The first-order valence-corrected chi connectivity index (χ1v) is 9.38. The van der Waals surface area contributed by atoms with Crippen molar-refractivity contribution in [3.8, 4) is 0 Å². The minimum absolute atomic E-state index is 0.0953. The highest BCUT2D eigenvalue weighted by molar-refractivity contribution is 5.76. The zero-order chi connectivity index (χ0) is 19.2. The molecule has 2 rings (SSSR count). The van der Waals surface area contributed by atoms with E-state index in [1.807, 2.05) is 13.8 Å². The summed E-state index contributed by atoms with van der Waals surface area (Å²) in [6.07, 6.45) is 6.54. The number of aromatic nitrogens is 2. The molecule has 0 spiro atoms. The Hall–Kier alpha value is -1.96. The normalized spacial score (nSPS) is 17.4. The molecule has 1 aliphatic carbocycles. The summed E-state index contributed by atoms with van der Waals surface area (Å²) in [5.74, 6) is 0.737. The average molecular weight is 365 g/mol. The van der Waals surface area contributed by atoms with Crippen LogP contribution in [0.1, 0.15) is 77.4 Å². The molecule has 8 heteroatoms. The molecular formula is C18H31N5O3. The number of rotatable bonds is 7. The van der Waals surface area contributed by atoms with Gasteiger partial charge in [0.1, 0.15) is 5.54 Å². The van der Waals surface area contributed by atoms with E-state index < -0.39 is 11.1 Å². The predicted molar refractivity (Wildman–Crippen MR) is 97.1 cm³/mol. The molecule has 26 heavy (non-hydrogen) atoms. The van der Waals surface area contributed by atoms with Gasteiger partial charge in [0.05, 0.1) is 0 Å². The molecule has 0 atom stereocenters. The van der Waals surface area contributed by atoms with Crippen LogP contribution in [-0.2, 0) is 21.5 Å². The van der Waals surface area contributed by atoms with Crippen molar-refractivity contribution in [3.63, 3.8) is 0 Å². The summed E-state index contributed by atoms with van der Waals surface area (Å²) in [6.45, 7) is 5.63. The number of nitrogens with two attached hydrogens (primary N) is 1. The topological polar surface area (TPSA) is 123 Å². The number of aryl methyl sites for hydroxylation is 1. The van der Waals surface area contributed by atoms with Crippen molar-refractivity contribution in [2.75, 3.05) is 6.54 Å². The van der Waals surface area contributed by atoms with E-state index in [9.17, 15) is 9.59 Å². The van der Waals surface area contributed by atoms with Crippen LogP contribution in [0.15, 0.2) is 4.52 Å². The van der Waals surface area contributed by atoms with Gasteiger partial charge in [-0.2, -0.15) is 4.98 Å². The molecule has 8 nitrogen and oxygen atoms in total. The van der Waals surface area contributed by atoms with E-state index >= 15 is 0 Å². The van der Waals surface area contributed by atoms with Crippen molar-refractivity contribution in [2.45, 2.75) is 83.2 Å². The Labute approximate surface area is 154 Å². The molecule has 0 radical (unpaired) electrons. The number of carbonyl (C=O) groups excluding carboxylic acids is 2. The number of nitrogens with zero attached hydrogens (tertiary/aromatic N) is 2. The van der Waals surface area contributed by atoms with Crippen molar-refractivity contribution in [1.29, 1.82) is 0 Å². The van der Waals surface area contributed by atoms with E-state index in [1.54, 1.807) is 0 Å². The van der Waals surface area contributed by atoms with Crippen LogP contribution in [0.4, 0.5) is 0 Å². The second-order valence-electron chi connectivity index (χ2n) is 7.95. The smallest absolute Gasteiger partial charge is 0.227 e. The average Bonchev–Trinajstić information content (AvgIpc) is 2.91. The fourth-order valence-electron chi connectivity index (χ4n) is 3.26. The van der Waals surface area contributed by atoms with E-state index in [1.165, 1.54) is 6.92 Å². The van der Waals surface area contributed by atoms with Crippen LogP contribution in [0.5, 0.6) is 0 Å². The van der Waals surface area contributed by atoms with Gasteiger partial charge in [0.2, 0.25) is 17.7 Å². The summed E-state index contributed by atoms with van der Waals surface area (Å²) in [5.41, 5.74) is 4.85. The van der Waals surface area contributed by atoms with Crippen LogP contribution in [0.25, 0.3) is 0 Å². The number of hydrogen-bond acceptors (Lipinski definition) is 6. The predicted octanol–water partition coefficient (Wildman–Crippen LogP) is 1.54. The zero-order valence-corrected chi connectivity index (χ0v) is 16.1. The Morgan fingerprint density at radius 2 is 1.88 bits per heavy atom. The molecule has 146 valence electrons. The number of amides is 2. The molecule has 0 saturated heterocycles. The second-order valence-corrected chi connectivity index (χ2v) is 7.95. The van der Waals surface area contributed by atoms with Gasteiger partial charge >= 0.3 is 0 Å². The molecule has 2 amide bonds. The van der Waals surface area contributed by atoms with Crippen molar-refractivity contribution in [3.05, 3.63) is 11.7 Å². The van der Waals surface area contributed by atoms with E-state index in [0.717, 1.165) is 38.5 Å². The van der Waals surface area contributed by atoms with Gasteiger partial charge in [-0.3, -0.25) is 9.59 Å². The zero-order valence-electron chi connectivity index (χ0n) is 16.1. The van der Waals surface area contributed by atoms with Gasteiger partial charge in [0.25, 0.3) is 0 Å². The van der Waals surface area contributed by atoms with Crippen LogP contribution in [0.3, 0.4) is 0 Å². The van der Waals surface area contributed by atoms with Gasteiger partial charge in [0, 0.05) is 31.8 Å². The standard InChI is InChI=1S/C18H31N5O3/c1-13(24)22-18(10-6-4-5-7-11-18)16-21-15(26-23-16)9-8-14(25)20-12-17(2,3)19/h4-12,19H2,1-3H3,(H,20,25)(H,22,24). The third kappa shape index (κ3) is 6.09. The van der Waals surface area contributed by atoms with Gasteiger partial charge in [0.15, 0.2) is 5.82 Å². The number of nitrogens with one attached hydrogen (secondary N) is 2. The maximum absolute atomic E-state index is 11.9. The minimum atomic E-state index is -0.560. The first-order valence-electron chi connectivity index (χ1n) is 9.38. The van der Waals surface area contributed by atoms with E-state index in [4.69, 9.17) is 10.3 Å². The Morgan fingerprint density at radius 3 is 2.46 bits per heavy atom. The van der Waals surface area contributed by atoms with E-state index in [2.05, 4.69) is 20.8 Å². The molecule has 1 aliphatic rings.